The van der Waals surface area contributed by atoms with E-state index in [-0.39, 0.29) is 5.91 Å². The van der Waals surface area contributed by atoms with Crippen LogP contribution in [0.5, 0.6) is 5.75 Å². The number of benzene rings is 2. The summed E-state index contributed by atoms with van der Waals surface area (Å²) in [6.07, 6.45) is 2.38. The normalized spacial score (nSPS) is 10.0. The highest BCUT2D eigenvalue weighted by Crippen LogP contribution is 2.16. The Morgan fingerprint density at radius 2 is 1.79 bits per heavy atom. The van der Waals surface area contributed by atoms with E-state index >= 15 is 0 Å². The lowest BCUT2D eigenvalue weighted by Gasteiger charge is -2.10. The maximum Gasteiger partial charge on any atom is 0.225 e. The Hall–Kier alpha value is -2.40. The molecule has 24 heavy (non-hydrogen) atoms. The number of rotatable bonds is 7. The van der Waals surface area contributed by atoms with E-state index in [2.05, 4.69) is 34.9 Å². The summed E-state index contributed by atoms with van der Waals surface area (Å²) in [5, 5.41) is 5.87. The van der Waals surface area contributed by atoms with E-state index in [1.807, 2.05) is 30.3 Å². The van der Waals surface area contributed by atoms with Crippen LogP contribution in [-0.4, -0.2) is 17.6 Å². The van der Waals surface area contributed by atoms with E-state index in [1.165, 1.54) is 5.56 Å². The highest BCUT2D eigenvalue weighted by atomic mass is 32.1. The Labute approximate surface area is 148 Å². The summed E-state index contributed by atoms with van der Waals surface area (Å²) in [4.78, 5) is 11.3. The summed E-state index contributed by atoms with van der Waals surface area (Å²) in [7, 11) is 0. The van der Waals surface area contributed by atoms with E-state index in [0.29, 0.717) is 18.1 Å². The van der Waals surface area contributed by atoms with Crippen molar-refractivity contribution < 1.29 is 9.53 Å². The minimum absolute atomic E-state index is 0.106. The molecule has 1 amide bonds. The van der Waals surface area contributed by atoms with Crippen molar-refractivity contribution in [1.82, 2.24) is 5.32 Å². The molecule has 0 aliphatic carbocycles. The molecule has 0 saturated heterocycles. The maximum absolute atomic E-state index is 11.3. The minimum Gasteiger partial charge on any atom is -0.494 e. The number of anilines is 1. The predicted octanol–water partition coefficient (Wildman–Crippen LogP) is 3.92. The van der Waals surface area contributed by atoms with Gasteiger partial charge in [-0.1, -0.05) is 37.3 Å². The van der Waals surface area contributed by atoms with Crippen LogP contribution in [0.3, 0.4) is 0 Å². The molecule has 2 rings (SSSR count). The smallest absolute Gasteiger partial charge is 0.225 e. The molecule has 0 unspecified atom stereocenters. The standard InChI is InChI=1S/C19H22N2O2S/c1-2-18(22)21-19(24)20-16-10-12-17(13-11-16)23-14-6-9-15-7-4-3-5-8-15/h3-5,7-8,10-13H,2,6,9,14H2,1H3,(H2,20,21,22,24). The molecule has 2 aromatic carbocycles. The molecule has 0 aliphatic rings. The third-order valence-corrected chi connectivity index (χ3v) is 3.61. The molecular weight excluding hydrogens is 320 g/mol. The van der Waals surface area contributed by atoms with Crippen LogP contribution >= 0.6 is 12.2 Å². The fourth-order valence-corrected chi connectivity index (χ4v) is 2.35. The van der Waals surface area contributed by atoms with Crippen molar-refractivity contribution in [2.24, 2.45) is 0 Å². The molecule has 126 valence electrons. The molecule has 0 heterocycles. The first kappa shape index (κ1) is 17.9. The van der Waals surface area contributed by atoms with Gasteiger partial charge in [-0.05, 0) is 54.9 Å². The topological polar surface area (TPSA) is 50.4 Å². The molecular formula is C19H22N2O2S. The highest BCUT2D eigenvalue weighted by molar-refractivity contribution is 7.80. The zero-order chi connectivity index (χ0) is 17.2. The van der Waals surface area contributed by atoms with Crippen molar-refractivity contribution in [1.29, 1.82) is 0 Å². The van der Waals surface area contributed by atoms with Gasteiger partial charge in [0.05, 0.1) is 6.61 Å². The monoisotopic (exact) mass is 342 g/mol. The number of thiocarbonyl (C=S) groups is 1. The first-order chi connectivity index (χ1) is 11.7. The van der Waals surface area contributed by atoms with Gasteiger partial charge >= 0.3 is 0 Å². The third-order valence-electron chi connectivity index (χ3n) is 3.41. The lowest BCUT2D eigenvalue weighted by Crippen LogP contribution is -2.33. The first-order valence-corrected chi connectivity index (χ1v) is 8.46. The van der Waals surface area contributed by atoms with Gasteiger partial charge in [0, 0.05) is 12.1 Å². The Balaban J connectivity index is 1.71. The van der Waals surface area contributed by atoms with Gasteiger partial charge in [0.15, 0.2) is 5.11 Å². The average Bonchev–Trinajstić information content (AvgIpc) is 2.61. The summed E-state index contributed by atoms with van der Waals surface area (Å²) < 4.78 is 5.74. The second-order valence-corrected chi connectivity index (χ2v) is 5.73. The van der Waals surface area contributed by atoms with Gasteiger partial charge in [0.2, 0.25) is 5.91 Å². The van der Waals surface area contributed by atoms with E-state index in [0.717, 1.165) is 24.3 Å². The molecule has 0 spiro atoms. The van der Waals surface area contributed by atoms with Crippen LogP contribution in [0.1, 0.15) is 25.3 Å². The number of nitrogens with one attached hydrogen (secondary N) is 2. The fourth-order valence-electron chi connectivity index (χ4n) is 2.12. The second-order valence-electron chi connectivity index (χ2n) is 5.32. The number of carbonyl (C=O) groups is 1. The Morgan fingerprint density at radius 1 is 1.08 bits per heavy atom. The Morgan fingerprint density at radius 3 is 2.46 bits per heavy atom. The zero-order valence-corrected chi connectivity index (χ0v) is 14.6. The van der Waals surface area contributed by atoms with E-state index in [1.54, 1.807) is 6.92 Å². The van der Waals surface area contributed by atoms with Gasteiger partial charge in [-0.25, -0.2) is 0 Å². The molecule has 0 saturated carbocycles. The van der Waals surface area contributed by atoms with E-state index in [4.69, 9.17) is 17.0 Å². The summed E-state index contributed by atoms with van der Waals surface area (Å²) in [6.45, 7) is 2.45. The average molecular weight is 342 g/mol. The molecule has 0 aliphatic heterocycles. The quantitative estimate of drug-likeness (QED) is 0.591. The molecule has 0 fully saturated rings. The van der Waals surface area contributed by atoms with Crippen molar-refractivity contribution >= 4 is 28.9 Å². The van der Waals surface area contributed by atoms with Crippen LogP contribution in [-0.2, 0) is 11.2 Å². The Kier molecular flexibility index (Phi) is 7.23. The Bertz CT molecular complexity index is 657. The van der Waals surface area contributed by atoms with Gasteiger partial charge in [0.25, 0.3) is 0 Å². The van der Waals surface area contributed by atoms with E-state index in [9.17, 15) is 4.79 Å². The van der Waals surface area contributed by atoms with Crippen molar-refractivity contribution in [3.8, 4) is 5.75 Å². The van der Waals surface area contributed by atoms with Crippen LogP contribution in [0, 0.1) is 0 Å². The molecule has 2 aromatic rings. The molecule has 2 N–H and O–H groups in total. The van der Waals surface area contributed by atoms with Crippen LogP contribution in [0.4, 0.5) is 5.69 Å². The fraction of sp³-hybridized carbons (Fsp3) is 0.263. The molecule has 0 bridgehead atoms. The summed E-state index contributed by atoms with van der Waals surface area (Å²) in [5.74, 6) is 0.711. The highest BCUT2D eigenvalue weighted by Gasteiger charge is 2.02. The van der Waals surface area contributed by atoms with Crippen molar-refractivity contribution in [2.75, 3.05) is 11.9 Å². The van der Waals surface area contributed by atoms with Gasteiger partial charge in [-0.2, -0.15) is 0 Å². The molecule has 0 aromatic heterocycles. The van der Waals surface area contributed by atoms with Gasteiger partial charge in [-0.15, -0.1) is 0 Å². The van der Waals surface area contributed by atoms with Crippen molar-refractivity contribution in [3.63, 3.8) is 0 Å². The van der Waals surface area contributed by atoms with Crippen LogP contribution in [0.15, 0.2) is 54.6 Å². The molecule has 0 radical (unpaired) electrons. The third kappa shape index (κ3) is 6.38. The lowest BCUT2D eigenvalue weighted by molar-refractivity contribution is -0.119. The lowest BCUT2D eigenvalue weighted by atomic mass is 10.1. The number of hydrogen-bond acceptors (Lipinski definition) is 3. The van der Waals surface area contributed by atoms with Crippen LogP contribution in [0.25, 0.3) is 0 Å². The minimum atomic E-state index is -0.106. The number of carbonyl (C=O) groups excluding carboxylic acids is 1. The predicted molar refractivity (Wildman–Crippen MR) is 101 cm³/mol. The van der Waals surface area contributed by atoms with Crippen molar-refractivity contribution in [3.05, 3.63) is 60.2 Å². The van der Waals surface area contributed by atoms with Crippen LogP contribution in [0.2, 0.25) is 0 Å². The summed E-state index contributed by atoms with van der Waals surface area (Å²) in [6, 6.07) is 17.9. The molecule has 0 atom stereocenters. The largest absolute Gasteiger partial charge is 0.494 e. The van der Waals surface area contributed by atoms with Gasteiger partial charge < -0.3 is 15.4 Å². The number of ether oxygens (including phenoxy) is 1. The molecule has 5 heteroatoms. The summed E-state index contributed by atoms with van der Waals surface area (Å²) in [5.41, 5.74) is 2.14. The van der Waals surface area contributed by atoms with Crippen LogP contribution < -0.4 is 15.4 Å². The number of aryl methyl sites for hydroxylation is 1. The van der Waals surface area contributed by atoms with Gasteiger partial charge in [0.1, 0.15) is 5.75 Å². The van der Waals surface area contributed by atoms with Crippen molar-refractivity contribution in [2.45, 2.75) is 26.2 Å². The molecule has 4 nitrogen and oxygen atoms in total. The first-order valence-electron chi connectivity index (χ1n) is 8.05. The second kappa shape index (κ2) is 9.67. The van der Waals surface area contributed by atoms with E-state index < -0.39 is 0 Å². The van der Waals surface area contributed by atoms with Gasteiger partial charge in [-0.3, -0.25) is 4.79 Å². The zero-order valence-electron chi connectivity index (χ0n) is 13.7. The maximum atomic E-state index is 11.3. The SMILES string of the molecule is CCC(=O)NC(=S)Nc1ccc(OCCCc2ccccc2)cc1. The number of hydrogen-bond donors (Lipinski definition) is 2. The number of amides is 1. The summed E-state index contributed by atoms with van der Waals surface area (Å²) >= 11 is 5.07.